The fourth-order valence-electron chi connectivity index (χ4n) is 1.64. The molecule has 1 aromatic rings. The highest BCUT2D eigenvalue weighted by molar-refractivity contribution is 5.90. The number of hydrogen-bond donors (Lipinski definition) is 2. The summed E-state index contributed by atoms with van der Waals surface area (Å²) < 4.78 is 0. The Labute approximate surface area is 101 Å². The average Bonchev–Trinajstić information content (AvgIpc) is 2.33. The maximum atomic E-state index is 11.7. The van der Waals surface area contributed by atoms with E-state index in [-0.39, 0.29) is 6.03 Å². The standard InChI is InChI=1S/C14H16N2O/c1-11-7-9-13(10-8-11)16-14(17)15-12-5-3-2-4-6-12/h3,5-10H,2,4H2,1H3,(H2,15,16,17). The predicted molar refractivity (Wildman–Crippen MR) is 69.8 cm³/mol. The zero-order valence-electron chi connectivity index (χ0n) is 9.86. The lowest BCUT2D eigenvalue weighted by atomic mass is 10.1. The summed E-state index contributed by atoms with van der Waals surface area (Å²) in [5.74, 6) is 0. The van der Waals surface area contributed by atoms with Crippen LogP contribution in [0.2, 0.25) is 0 Å². The van der Waals surface area contributed by atoms with Crippen molar-refractivity contribution in [3.63, 3.8) is 0 Å². The van der Waals surface area contributed by atoms with Crippen LogP contribution in [-0.2, 0) is 0 Å². The molecule has 0 saturated carbocycles. The smallest absolute Gasteiger partial charge is 0.308 e. The molecule has 0 aliphatic heterocycles. The van der Waals surface area contributed by atoms with Gasteiger partial charge < -0.3 is 10.6 Å². The van der Waals surface area contributed by atoms with E-state index in [4.69, 9.17) is 0 Å². The maximum Gasteiger partial charge on any atom is 0.323 e. The van der Waals surface area contributed by atoms with E-state index in [0.717, 1.165) is 24.2 Å². The molecule has 2 N–H and O–H groups in total. The van der Waals surface area contributed by atoms with Gasteiger partial charge in [-0.3, -0.25) is 0 Å². The molecule has 0 radical (unpaired) electrons. The molecule has 0 atom stereocenters. The molecule has 0 bridgehead atoms. The van der Waals surface area contributed by atoms with Crippen LogP contribution in [0.1, 0.15) is 18.4 Å². The Morgan fingerprint density at radius 1 is 1.12 bits per heavy atom. The van der Waals surface area contributed by atoms with E-state index in [0.29, 0.717) is 0 Å². The molecule has 2 rings (SSSR count). The van der Waals surface area contributed by atoms with E-state index < -0.39 is 0 Å². The van der Waals surface area contributed by atoms with Gasteiger partial charge in [0.1, 0.15) is 0 Å². The highest BCUT2D eigenvalue weighted by Gasteiger charge is 2.03. The second-order valence-electron chi connectivity index (χ2n) is 4.08. The molecule has 0 aromatic heterocycles. The van der Waals surface area contributed by atoms with Gasteiger partial charge >= 0.3 is 6.03 Å². The zero-order chi connectivity index (χ0) is 12.1. The number of carbonyl (C=O) groups excluding carboxylic acids is 1. The van der Waals surface area contributed by atoms with Crippen molar-refractivity contribution in [3.05, 3.63) is 53.8 Å². The molecule has 1 aliphatic rings. The molecule has 17 heavy (non-hydrogen) atoms. The Morgan fingerprint density at radius 2 is 1.88 bits per heavy atom. The third-order valence-corrected chi connectivity index (χ3v) is 2.56. The van der Waals surface area contributed by atoms with Crippen molar-refractivity contribution in [2.45, 2.75) is 19.8 Å². The molecular formula is C14H16N2O. The van der Waals surface area contributed by atoms with E-state index in [1.807, 2.05) is 43.3 Å². The van der Waals surface area contributed by atoms with Crippen LogP contribution in [0.15, 0.2) is 48.2 Å². The van der Waals surface area contributed by atoms with Gasteiger partial charge in [-0.25, -0.2) is 4.79 Å². The van der Waals surface area contributed by atoms with Gasteiger partial charge in [-0.2, -0.15) is 0 Å². The van der Waals surface area contributed by atoms with Gasteiger partial charge in [-0.1, -0.05) is 29.8 Å². The molecule has 3 heteroatoms. The number of benzene rings is 1. The molecule has 0 fully saturated rings. The van der Waals surface area contributed by atoms with Crippen molar-refractivity contribution in [1.29, 1.82) is 0 Å². The van der Waals surface area contributed by atoms with Crippen molar-refractivity contribution >= 4 is 11.7 Å². The Morgan fingerprint density at radius 3 is 2.53 bits per heavy atom. The number of rotatable bonds is 2. The summed E-state index contributed by atoms with van der Waals surface area (Å²) in [5, 5.41) is 5.60. The van der Waals surface area contributed by atoms with Crippen LogP contribution in [-0.4, -0.2) is 6.03 Å². The predicted octanol–water partition coefficient (Wildman–Crippen LogP) is 3.35. The van der Waals surface area contributed by atoms with Crippen LogP contribution >= 0.6 is 0 Å². The van der Waals surface area contributed by atoms with E-state index >= 15 is 0 Å². The molecule has 1 aliphatic carbocycles. The van der Waals surface area contributed by atoms with E-state index in [9.17, 15) is 4.79 Å². The first kappa shape index (κ1) is 11.5. The molecule has 0 spiro atoms. The van der Waals surface area contributed by atoms with Crippen LogP contribution in [0.5, 0.6) is 0 Å². The fraction of sp³-hybridized carbons (Fsp3) is 0.214. The summed E-state index contributed by atoms with van der Waals surface area (Å²) in [5.41, 5.74) is 2.84. The van der Waals surface area contributed by atoms with Crippen LogP contribution in [0.3, 0.4) is 0 Å². The summed E-state index contributed by atoms with van der Waals surface area (Å²) in [4.78, 5) is 11.7. The van der Waals surface area contributed by atoms with Crippen molar-refractivity contribution in [2.24, 2.45) is 0 Å². The SMILES string of the molecule is Cc1ccc(NC(=O)NC2=CCCC=C2)cc1. The maximum absolute atomic E-state index is 11.7. The molecule has 1 aromatic carbocycles. The Kier molecular flexibility index (Phi) is 3.60. The first-order chi connectivity index (χ1) is 8.24. The largest absolute Gasteiger partial charge is 0.323 e. The second kappa shape index (κ2) is 5.34. The van der Waals surface area contributed by atoms with Crippen molar-refractivity contribution in [2.75, 3.05) is 5.32 Å². The average molecular weight is 228 g/mol. The lowest BCUT2D eigenvalue weighted by Gasteiger charge is -2.10. The number of hydrogen-bond acceptors (Lipinski definition) is 1. The minimum Gasteiger partial charge on any atom is -0.308 e. The van der Waals surface area contributed by atoms with Gasteiger partial charge in [0.15, 0.2) is 0 Å². The summed E-state index contributed by atoms with van der Waals surface area (Å²) in [6.45, 7) is 2.02. The van der Waals surface area contributed by atoms with Crippen LogP contribution in [0.4, 0.5) is 10.5 Å². The highest BCUT2D eigenvalue weighted by atomic mass is 16.2. The number of nitrogens with one attached hydrogen (secondary N) is 2. The highest BCUT2D eigenvalue weighted by Crippen LogP contribution is 2.10. The molecular weight excluding hydrogens is 212 g/mol. The Bertz CT molecular complexity index is 458. The quantitative estimate of drug-likeness (QED) is 0.800. The van der Waals surface area contributed by atoms with Gasteiger partial charge in [0.25, 0.3) is 0 Å². The lowest BCUT2D eigenvalue weighted by Crippen LogP contribution is -2.27. The molecule has 0 heterocycles. The first-order valence-corrected chi connectivity index (χ1v) is 5.75. The number of allylic oxidation sites excluding steroid dienone is 3. The Balaban J connectivity index is 1.91. The topological polar surface area (TPSA) is 41.1 Å². The van der Waals surface area contributed by atoms with Gasteiger partial charge in [-0.05, 0) is 38.0 Å². The number of urea groups is 1. The molecule has 2 amide bonds. The van der Waals surface area contributed by atoms with Crippen LogP contribution in [0.25, 0.3) is 0 Å². The third-order valence-electron chi connectivity index (χ3n) is 2.56. The normalized spacial score (nSPS) is 14.1. The molecule has 3 nitrogen and oxygen atoms in total. The molecule has 0 unspecified atom stereocenters. The summed E-state index contributed by atoms with van der Waals surface area (Å²) >= 11 is 0. The third kappa shape index (κ3) is 3.48. The summed E-state index contributed by atoms with van der Waals surface area (Å²) in [7, 11) is 0. The molecule has 0 saturated heterocycles. The van der Waals surface area contributed by atoms with Gasteiger partial charge in [0, 0.05) is 11.4 Å². The molecule has 88 valence electrons. The second-order valence-corrected chi connectivity index (χ2v) is 4.08. The minimum atomic E-state index is -0.202. The number of amides is 2. The van der Waals surface area contributed by atoms with Gasteiger partial charge in [0.05, 0.1) is 0 Å². The van der Waals surface area contributed by atoms with E-state index in [1.165, 1.54) is 5.56 Å². The monoisotopic (exact) mass is 228 g/mol. The van der Waals surface area contributed by atoms with Crippen molar-refractivity contribution in [3.8, 4) is 0 Å². The summed E-state index contributed by atoms with van der Waals surface area (Å²) in [6.07, 6.45) is 8.04. The number of carbonyl (C=O) groups is 1. The van der Waals surface area contributed by atoms with Crippen molar-refractivity contribution in [1.82, 2.24) is 5.32 Å². The van der Waals surface area contributed by atoms with Crippen LogP contribution < -0.4 is 10.6 Å². The first-order valence-electron chi connectivity index (χ1n) is 5.75. The van der Waals surface area contributed by atoms with E-state index in [2.05, 4.69) is 16.7 Å². The minimum absolute atomic E-state index is 0.202. The zero-order valence-corrected chi connectivity index (χ0v) is 9.86. The number of anilines is 1. The van der Waals surface area contributed by atoms with E-state index in [1.54, 1.807) is 0 Å². The fourth-order valence-corrected chi connectivity index (χ4v) is 1.64. The van der Waals surface area contributed by atoms with Crippen molar-refractivity contribution < 1.29 is 4.79 Å². The number of aryl methyl sites for hydroxylation is 1. The Hall–Kier alpha value is -2.03. The van der Waals surface area contributed by atoms with Crippen LogP contribution in [0, 0.1) is 6.92 Å². The van der Waals surface area contributed by atoms with Gasteiger partial charge in [-0.15, -0.1) is 0 Å². The summed E-state index contributed by atoms with van der Waals surface area (Å²) in [6, 6.07) is 7.51. The van der Waals surface area contributed by atoms with Gasteiger partial charge in [0.2, 0.25) is 0 Å². The lowest BCUT2D eigenvalue weighted by molar-refractivity contribution is 0.254.